The Morgan fingerprint density at radius 3 is 2.79 bits per heavy atom. The summed E-state index contributed by atoms with van der Waals surface area (Å²) in [5.41, 5.74) is 8.12. The van der Waals surface area contributed by atoms with Crippen molar-refractivity contribution in [3.8, 4) is 5.75 Å². The Kier molecular flexibility index (Phi) is 4.53. The molecule has 1 saturated heterocycles. The fraction of sp³-hybridized carbons (Fsp3) is 0.600. The highest BCUT2D eigenvalue weighted by atomic mass is 16.5. The van der Waals surface area contributed by atoms with E-state index in [4.69, 9.17) is 10.5 Å². The maximum absolute atomic E-state index is 6.24. The fourth-order valence-electron chi connectivity index (χ4n) is 2.70. The van der Waals surface area contributed by atoms with E-state index in [1.54, 1.807) is 0 Å². The van der Waals surface area contributed by atoms with Crippen molar-refractivity contribution in [1.29, 1.82) is 0 Å². The maximum Gasteiger partial charge on any atom is 0.144 e. The third kappa shape index (κ3) is 2.95. The molecule has 4 heteroatoms. The maximum atomic E-state index is 6.24. The fourth-order valence-corrected chi connectivity index (χ4v) is 2.70. The van der Waals surface area contributed by atoms with Gasteiger partial charge in [0.1, 0.15) is 5.75 Å². The Labute approximate surface area is 116 Å². The van der Waals surface area contributed by atoms with Crippen molar-refractivity contribution in [3.05, 3.63) is 18.2 Å². The van der Waals surface area contributed by atoms with E-state index in [-0.39, 0.29) is 0 Å². The Balaban J connectivity index is 2.20. The molecular weight excluding hydrogens is 238 g/mol. The van der Waals surface area contributed by atoms with Gasteiger partial charge in [-0.05, 0) is 32.5 Å². The highest BCUT2D eigenvalue weighted by Crippen LogP contribution is 2.33. The molecule has 0 aromatic heterocycles. The highest BCUT2D eigenvalue weighted by molar-refractivity contribution is 5.74. The third-order valence-electron chi connectivity index (χ3n) is 3.93. The van der Waals surface area contributed by atoms with Crippen molar-refractivity contribution in [1.82, 2.24) is 4.90 Å². The first-order chi connectivity index (χ1) is 9.17. The smallest absolute Gasteiger partial charge is 0.144 e. The minimum Gasteiger partial charge on any atom is -0.492 e. The Hall–Kier alpha value is -1.42. The quantitative estimate of drug-likeness (QED) is 0.846. The first-order valence-electron chi connectivity index (χ1n) is 7.13. The van der Waals surface area contributed by atoms with Crippen molar-refractivity contribution >= 4 is 11.4 Å². The van der Waals surface area contributed by atoms with Crippen molar-refractivity contribution in [2.75, 3.05) is 43.9 Å². The molecule has 1 aliphatic heterocycles. The number of ether oxygens (including phenoxy) is 1. The second kappa shape index (κ2) is 6.15. The second-order valence-electron chi connectivity index (χ2n) is 5.11. The van der Waals surface area contributed by atoms with Gasteiger partial charge in [-0.1, -0.05) is 13.0 Å². The molecule has 106 valence electrons. The second-order valence-corrected chi connectivity index (χ2v) is 5.11. The number of piperazine rings is 1. The van der Waals surface area contributed by atoms with Crippen LogP contribution in [0.1, 0.15) is 20.3 Å². The van der Waals surface area contributed by atoms with Gasteiger partial charge in [0, 0.05) is 25.7 Å². The molecule has 0 aliphatic carbocycles. The number of hydrogen-bond acceptors (Lipinski definition) is 4. The van der Waals surface area contributed by atoms with Crippen LogP contribution >= 0.6 is 0 Å². The molecule has 0 bridgehead atoms. The molecule has 4 nitrogen and oxygen atoms in total. The molecule has 19 heavy (non-hydrogen) atoms. The number of nitrogens with zero attached hydrogens (tertiary/aromatic N) is 2. The average molecular weight is 263 g/mol. The minimum absolute atomic E-state index is 0.601. The first-order valence-corrected chi connectivity index (χ1v) is 7.13. The normalized spacial score (nSPS) is 20.6. The Morgan fingerprint density at radius 2 is 2.11 bits per heavy atom. The van der Waals surface area contributed by atoms with Crippen LogP contribution in [-0.2, 0) is 0 Å². The van der Waals surface area contributed by atoms with Gasteiger partial charge in [0.25, 0.3) is 0 Å². The molecule has 1 unspecified atom stereocenters. The van der Waals surface area contributed by atoms with E-state index in [0.29, 0.717) is 12.6 Å². The van der Waals surface area contributed by atoms with E-state index < -0.39 is 0 Å². The lowest BCUT2D eigenvalue weighted by Gasteiger charge is -2.40. The summed E-state index contributed by atoms with van der Waals surface area (Å²) in [5, 5.41) is 0. The number of nitrogens with two attached hydrogens (primary N) is 1. The molecule has 0 amide bonds. The van der Waals surface area contributed by atoms with Crippen LogP contribution < -0.4 is 15.4 Å². The van der Waals surface area contributed by atoms with Gasteiger partial charge in [-0.3, -0.25) is 4.90 Å². The summed E-state index contributed by atoms with van der Waals surface area (Å²) in [7, 11) is 2.20. The van der Waals surface area contributed by atoms with Crippen molar-refractivity contribution < 1.29 is 4.74 Å². The van der Waals surface area contributed by atoms with Crippen molar-refractivity contribution in [3.63, 3.8) is 0 Å². The molecule has 0 saturated carbocycles. The molecule has 0 spiro atoms. The van der Waals surface area contributed by atoms with E-state index in [2.05, 4.69) is 29.8 Å². The molecule has 2 N–H and O–H groups in total. The van der Waals surface area contributed by atoms with Crippen LogP contribution in [0.5, 0.6) is 5.75 Å². The van der Waals surface area contributed by atoms with E-state index in [1.165, 1.54) is 0 Å². The van der Waals surface area contributed by atoms with Gasteiger partial charge in [-0.15, -0.1) is 0 Å². The lowest BCUT2D eigenvalue weighted by Crippen LogP contribution is -2.51. The van der Waals surface area contributed by atoms with Crippen LogP contribution in [0.4, 0.5) is 11.4 Å². The lowest BCUT2D eigenvalue weighted by molar-refractivity contribution is 0.213. The zero-order valence-corrected chi connectivity index (χ0v) is 12.2. The van der Waals surface area contributed by atoms with Crippen LogP contribution in [0.3, 0.4) is 0 Å². The highest BCUT2D eigenvalue weighted by Gasteiger charge is 2.24. The number of nitrogen functional groups attached to an aromatic ring is 1. The Morgan fingerprint density at radius 1 is 1.32 bits per heavy atom. The zero-order valence-electron chi connectivity index (χ0n) is 12.2. The largest absolute Gasteiger partial charge is 0.492 e. The Bertz CT molecular complexity index is 422. The summed E-state index contributed by atoms with van der Waals surface area (Å²) in [6.45, 7) is 8.00. The number of anilines is 2. The average Bonchev–Trinajstić information content (AvgIpc) is 2.42. The number of rotatable bonds is 4. The molecule has 1 fully saturated rings. The van der Waals surface area contributed by atoms with Crippen LogP contribution in [0, 0.1) is 0 Å². The van der Waals surface area contributed by atoms with Gasteiger partial charge < -0.3 is 15.4 Å². The molecule has 1 heterocycles. The van der Waals surface area contributed by atoms with E-state index in [9.17, 15) is 0 Å². The summed E-state index contributed by atoms with van der Waals surface area (Å²) in [5.74, 6) is 0.798. The van der Waals surface area contributed by atoms with Gasteiger partial charge in [-0.2, -0.15) is 0 Å². The van der Waals surface area contributed by atoms with E-state index in [1.807, 2.05) is 19.1 Å². The predicted molar refractivity (Wildman–Crippen MR) is 80.9 cm³/mol. The number of para-hydroxylation sites is 1. The van der Waals surface area contributed by atoms with Crippen molar-refractivity contribution in [2.24, 2.45) is 0 Å². The molecule has 1 aromatic carbocycles. The monoisotopic (exact) mass is 263 g/mol. The van der Waals surface area contributed by atoms with Gasteiger partial charge in [0.15, 0.2) is 0 Å². The van der Waals surface area contributed by atoms with Crippen molar-refractivity contribution in [2.45, 2.75) is 26.3 Å². The van der Waals surface area contributed by atoms with Gasteiger partial charge in [0.05, 0.1) is 18.0 Å². The molecule has 1 atom stereocenters. The summed E-state index contributed by atoms with van der Waals surface area (Å²) >= 11 is 0. The van der Waals surface area contributed by atoms with Crippen LogP contribution in [0.25, 0.3) is 0 Å². The van der Waals surface area contributed by atoms with Crippen LogP contribution in [-0.4, -0.2) is 44.2 Å². The number of likely N-dealkylation sites (N-methyl/N-ethyl adjacent to an activating group) is 1. The molecular formula is C15H25N3O. The third-order valence-corrected chi connectivity index (χ3v) is 3.93. The van der Waals surface area contributed by atoms with Crippen LogP contribution in [0.15, 0.2) is 18.2 Å². The van der Waals surface area contributed by atoms with Gasteiger partial charge >= 0.3 is 0 Å². The molecule has 1 aromatic rings. The standard InChI is InChI=1S/C15H25N3O/c1-4-12-11-18(10-9-17(12)3)13-7-6-8-14(15(13)16)19-5-2/h6-8,12H,4-5,9-11,16H2,1-3H3. The van der Waals surface area contributed by atoms with E-state index in [0.717, 1.165) is 43.2 Å². The van der Waals surface area contributed by atoms with E-state index >= 15 is 0 Å². The summed E-state index contributed by atoms with van der Waals surface area (Å²) in [6.07, 6.45) is 1.16. The predicted octanol–water partition coefficient (Wildman–Crippen LogP) is 2.20. The summed E-state index contributed by atoms with van der Waals surface area (Å²) in [6, 6.07) is 6.66. The van der Waals surface area contributed by atoms with Gasteiger partial charge in [0.2, 0.25) is 0 Å². The summed E-state index contributed by atoms with van der Waals surface area (Å²) < 4.78 is 5.58. The number of hydrogen-bond donors (Lipinski definition) is 1. The lowest BCUT2D eigenvalue weighted by atomic mass is 10.1. The van der Waals surface area contributed by atoms with Crippen LogP contribution in [0.2, 0.25) is 0 Å². The topological polar surface area (TPSA) is 41.7 Å². The molecule has 1 aliphatic rings. The first kappa shape index (κ1) is 14.0. The minimum atomic E-state index is 0.601. The molecule has 0 radical (unpaired) electrons. The molecule has 2 rings (SSSR count). The summed E-state index contributed by atoms with van der Waals surface area (Å²) in [4.78, 5) is 4.81. The number of benzene rings is 1. The zero-order chi connectivity index (χ0) is 13.8. The van der Waals surface area contributed by atoms with Gasteiger partial charge in [-0.25, -0.2) is 0 Å². The SMILES string of the molecule is CCOc1cccc(N2CCN(C)C(CC)C2)c1N.